The molecule has 3 aromatic rings. The van der Waals surface area contributed by atoms with Gasteiger partial charge in [0.1, 0.15) is 23.4 Å². The van der Waals surface area contributed by atoms with Crippen LogP contribution in [0.5, 0.6) is 11.5 Å². The summed E-state index contributed by atoms with van der Waals surface area (Å²) in [6.07, 6.45) is 0. The summed E-state index contributed by atoms with van der Waals surface area (Å²) in [6, 6.07) is 5.97. The van der Waals surface area contributed by atoms with Crippen molar-refractivity contribution in [3.63, 3.8) is 0 Å². The highest BCUT2D eigenvalue weighted by atomic mass is 16.4. The topological polar surface area (TPSA) is 133 Å². The number of fused-ring (bicyclic) bond motifs is 3. The predicted octanol–water partition coefficient (Wildman–Crippen LogP) is 0.0168. The van der Waals surface area contributed by atoms with E-state index in [-0.39, 0.29) is 11.3 Å². The lowest BCUT2D eigenvalue weighted by Gasteiger charge is -2.11. The van der Waals surface area contributed by atoms with Crippen LogP contribution in [0.4, 0.5) is 0 Å². The zero-order valence-corrected chi connectivity index (χ0v) is 12.5. The third kappa shape index (κ3) is 2.22. The molecule has 1 amide bonds. The van der Waals surface area contributed by atoms with Crippen molar-refractivity contribution in [3.8, 4) is 11.5 Å². The molecule has 24 heavy (non-hydrogen) atoms. The third-order valence-corrected chi connectivity index (χ3v) is 3.67. The van der Waals surface area contributed by atoms with Gasteiger partial charge in [-0.25, -0.2) is 9.20 Å². The van der Waals surface area contributed by atoms with Crippen molar-refractivity contribution in [2.24, 2.45) is 7.05 Å². The molecule has 2 aromatic heterocycles. The van der Waals surface area contributed by atoms with Gasteiger partial charge in [-0.1, -0.05) is 0 Å². The summed E-state index contributed by atoms with van der Waals surface area (Å²) in [7, 11) is 1.41. The molecule has 0 spiro atoms. The van der Waals surface area contributed by atoms with Gasteiger partial charge in [0.15, 0.2) is 5.75 Å². The van der Waals surface area contributed by atoms with Gasteiger partial charge < -0.3 is 20.6 Å². The van der Waals surface area contributed by atoms with Crippen molar-refractivity contribution in [2.75, 3.05) is 6.54 Å². The van der Waals surface area contributed by atoms with Crippen molar-refractivity contribution in [1.82, 2.24) is 14.5 Å². The smallest absolute Gasteiger partial charge is 0.322 e. The first-order valence-electron chi connectivity index (χ1n) is 6.87. The molecular formula is C15H13N3O6. The Balaban J connectivity index is 2.30. The van der Waals surface area contributed by atoms with E-state index in [0.29, 0.717) is 10.9 Å². The second-order valence-corrected chi connectivity index (χ2v) is 5.21. The number of carbonyl (C=O) groups excluding carboxylic acids is 1. The number of hydrogen-bond donors (Lipinski definition) is 4. The number of aliphatic carboxylic acids is 1. The Bertz CT molecular complexity index is 1060. The van der Waals surface area contributed by atoms with Crippen molar-refractivity contribution in [2.45, 2.75) is 0 Å². The van der Waals surface area contributed by atoms with Gasteiger partial charge in [-0.15, -0.1) is 0 Å². The molecule has 0 radical (unpaired) electrons. The van der Waals surface area contributed by atoms with E-state index in [4.69, 9.17) is 5.11 Å². The number of phenolic OH excluding ortho intramolecular Hbond substituents is 1. The number of carboxylic acids is 1. The first-order chi connectivity index (χ1) is 11.3. The normalized spacial score (nSPS) is 11.0. The lowest BCUT2D eigenvalue weighted by Crippen LogP contribution is -2.36. The lowest BCUT2D eigenvalue weighted by atomic mass is 10.2. The van der Waals surface area contributed by atoms with E-state index in [2.05, 4.69) is 5.32 Å². The lowest BCUT2D eigenvalue weighted by molar-refractivity contribution is -0.135. The van der Waals surface area contributed by atoms with E-state index in [0.717, 1.165) is 4.68 Å². The van der Waals surface area contributed by atoms with Crippen molar-refractivity contribution >= 4 is 28.3 Å². The van der Waals surface area contributed by atoms with Crippen molar-refractivity contribution < 1.29 is 24.9 Å². The van der Waals surface area contributed by atoms with Crippen LogP contribution in [0, 0.1) is 0 Å². The first kappa shape index (κ1) is 15.4. The molecule has 0 fully saturated rings. The van der Waals surface area contributed by atoms with Crippen molar-refractivity contribution in [3.05, 3.63) is 40.2 Å². The molecule has 0 aliphatic heterocycles. The molecule has 0 saturated heterocycles. The quantitative estimate of drug-likeness (QED) is 0.534. The highest BCUT2D eigenvalue weighted by molar-refractivity contribution is 6.01. The minimum Gasteiger partial charge on any atom is -0.508 e. The molecule has 9 heteroatoms. The van der Waals surface area contributed by atoms with E-state index < -0.39 is 35.3 Å². The highest BCUT2D eigenvalue weighted by Gasteiger charge is 2.23. The van der Waals surface area contributed by atoms with E-state index in [1.165, 1.54) is 29.8 Å². The number of carbonyl (C=O) groups is 2. The third-order valence-electron chi connectivity index (χ3n) is 3.67. The van der Waals surface area contributed by atoms with Crippen molar-refractivity contribution in [1.29, 1.82) is 0 Å². The molecule has 9 nitrogen and oxygen atoms in total. The summed E-state index contributed by atoms with van der Waals surface area (Å²) in [5.41, 5.74) is -0.597. The highest BCUT2D eigenvalue weighted by Crippen LogP contribution is 2.29. The number of nitrogens with one attached hydrogen (secondary N) is 1. The van der Waals surface area contributed by atoms with Gasteiger partial charge in [0, 0.05) is 12.4 Å². The average molecular weight is 331 g/mol. The molecule has 0 unspecified atom stereocenters. The molecule has 0 aliphatic carbocycles. The van der Waals surface area contributed by atoms with E-state index in [1.807, 2.05) is 0 Å². The van der Waals surface area contributed by atoms with Gasteiger partial charge in [0.2, 0.25) is 0 Å². The number of carboxylic acid groups (broad SMARTS) is 1. The molecule has 124 valence electrons. The summed E-state index contributed by atoms with van der Waals surface area (Å²) in [5.74, 6) is -2.80. The molecule has 4 N–H and O–H groups in total. The summed E-state index contributed by atoms with van der Waals surface area (Å²) in [6.45, 7) is -0.677. The van der Waals surface area contributed by atoms with Crippen LogP contribution in [-0.4, -0.2) is 42.9 Å². The van der Waals surface area contributed by atoms with E-state index in [1.54, 1.807) is 6.07 Å². The largest absolute Gasteiger partial charge is 0.508 e. The minimum atomic E-state index is -1.27. The number of aromatic nitrogens is 2. The van der Waals surface area contributed by atoms with Crippen LogP contribution in [0.3, 0.4) is 0 Å². The Hall–Kier alpha value is -3.49. The van der Waals surface area contributed by atoms with Gasteiger partial charge in [0.25, 0.3) is 11.5 Å². The minimum absolute atomic E-state index is 0.0160. The van der Waals surface area contributed by atoms with Crippen LogP contribution < -0.4 is 10.9 Å². The summed E-state index contributed by atoms with van der Waals surface area (Å²) >= 11 is 0. The second kappa shape index (κ2) is 5.30. The number of nitrogens with zero attached hydrogens (tertiary/aromatic N) is 2. The van der Waals surface area contributed by atoms with Crippen LogP contribution in [0.2, 0.25) is 0 Å². The monoisotopic (exact) mass is 331 g/mol. The molecule has 0 atom stereocenters. The predicted molar refractivity (Wildman–Crippen MR) is 83.4 cm³/mol. The van der Waals surface area contributed by atoms with Gasteiger partial charge >= 0.3 is 5.97 Å². The van der Waals surface area contributed by atoms with Crippen LogP contribution in [0.25, 0.3) is 16.4 Å². The van der Waals surface area contributed by atoms with E-state index >= 15 is 0 Å². The number of hydrogen-bond acceptors (Lipinski definition) is 5. The molecule has 0 bridgehead atoms. The van der Waals surface area contributed by atoms with Gasteiger partial charge in [0.05, 0.1) is 5.52 Å². The maximum absolute atomic E-state index is 12.4. The molecular weight excluding hydrogens is 318 g/mol. The molecule has 0 saturated carbocycles. The van der Waals surface area contributed by atoms with Crippen LogP contribution in [0.1, 0.15) is 10.4 Å². The molecule has 0 aliphatic rings. The number of aryl methyl sites for hydroxylation is 1. The van der Waals surface area contributed by atoms with Gasteiger partial charge in [-0.2, -0.15) is 0 Å². The fourth-order valence-electron chi connectivity index (χ4n) is 2.61. The number of benzene rings is 1. The average Bonchev–Trinajstić information content (AvgIpc) is 2.89. The number of amides is 1. The maximum Gasteiger partial charge on any atom is 0.322 e. The SMILES string of the molecule is Cn1c(=O)c(C(=O)NCC(=O)O)c(O)c2cc3cc(O)ccc3n21. The Labute approximate surface area is 134 Å². The van der Waals surface area contributed by atoms with E-state index in [9.17, 15) is 24.6 Å². The van der Waals surface area contributed by atoms with Gasteiger partial charge in [-0.05, 0) is 24.3 Å². The maximum atomic E-state index is 12.4. The Morgan fingerprint density at radius 2 is 1.88 bits per heavy atom. The fourth-order valence-corrected chi connectivity index (χ4v) is 2.61. The fraction of sp³-hybridized carbons (Fsp3) is 0.133. The summed E-state index contributed by atoms with van der Waals surface area (Å²) in [5, 5.41) is 31.1. The zero-order valence-electron chi connectivity index (χ0n) is 12.5. The number of aromatic hydroxyl groups is 2. The molecule has 2 heterocycles. The molecule has 3 rings (SSSR count). The zero-order chi connectivity index (χ0) is 17.6. The van der Waals surface area contributed by atoms with Gasteiger partial charge in [-0.3, -0.25) is 14.4 Å². The Morgan fingerprint density at radius 3 is 2.54 bits per heavy atom. The summed E-state index contributed by atoms with van der Waals surface area (Å²) in [4.78, 5) is 35.0. The molecule has 1 aromatic carbocycles. The van der Waals surface area contributed by atoms with Crippen LogP contribution in [-0.2, 0) is 11.8 Å². The summed E-state index contributed by atoms with van der Waals surface area (Å²) < 4.78 is 2.53. The van der Waals surface area contributed by atoms with Crippen LogP contribution in [0.15, 0.2) is 29.1 Å². The number of rotatable bonds is 3. The van der Waals surface area contributed by atoms with Crippen LogP contribution >= 0.6 is 0 Å². The standard InChI is InChI=1S/C15H13N3O6/c1-17-15(24)12(14(23)16-6-11(20)21)13(22)10-5-7-4-8(19)2-3-9(7)18(10)17/h2-5,19,22H,6H2,1H3,(H,16,23)(H,20,21). The first-order valence-corrected chi connectivity index (χ1v) is 6.87. The Kier molecular flexibility index (Phi) is 3.40. The Morgan fingerprint density at radius 1 is 1.17 bits per heavy atom. The second-order valence-electron chi connectivity index (χ2n) is 5.21. The number of phenols is 1.